The maximum Gasteiger partial charge on any atom is 0.314 e. The van der Waals surface area contributed by atoms with E-state index in [-0.39, 0.29) is 18.4 Å². The van der Waals surface area contributed by atoms with Gasteiger partial charge in [-0.2, -0.15) is 0 Å². The number of amides is 2. The summed E-state index contributed by atoms with van der Waals surface area (Å²) in [5.41, 5.74) is 0.989. The minimum atomic E-state index is -0.806. The number of nitrogens with one attached hydrogen (secondary N) is 2. The van der Waals surface area contributed by atoms with Crippen LogP contribution >= 0.6 is 11.3 Å². The summed E-state index contributed by atoms with van der Waals surface area (Å²) in [6, 6.07) is -0.223. The topological polar surface area (TPSA) is 91.3 Å². The van der Waals surface area contributed by atoms with Crippen molar-refractivity contribution < 1.29 is 14.7 Å². The van der Waals surface area contributed by atoms with Crippen LogP contribution in [0.1, 0.15) is 30.5 Å². The van der Waals surface area contributed by atoms with Crippen molar-refractivity contribution in [1.29, 1.82) is 0 Å². The van der Waals surface area contributed by atoms with E-state index >= 15 is 0 Å². The molecule has 0 saturated heterocycles. The third-order valence-electron chi connectivity index (χ3n) is 2.80. The van der Waals surface area contributed by atoms with Gasteiger partial charge in [0.2, 0.25) is 0 Å². The zero-order chi connectivity index (χ0) is 15.0. The first-order valence-corrected chi connectivity index (χ1v) is 7.50. The molecule has 3 N–H and O–H groups in total. The van der Waals surface area contributed by atoms with Crippen LogP contribution in [0.25, 0.3) is 0 Å². The van der Waals surface area contributed by atoms with Crippen LogP contribution in [-0.4, -0.2) is 35.2 Å². The smallest absolute Gasteiger partial charge is 0.314 e. The molecule has 1 rings (SSSR count). The summed E-state index contributed by atoms with van der Waals surface area (Å²) in [6.07, 6.45) is 1.41. The minimum Gasteiger partial charge on any atom is -0.481 e. The lowest BCUT2D eigenvalue weighted by Gasteiger charge is -2.12. The minimum absolute atomic E-state index is 0.133. The summed E-state index contributed by atoms with van der Waals surface area (Å²) in [5.74, 6) is -0.655. The zero-order valence-corrected chi connectivity index (χ0v) is 12.6. The highest BCUT2D eigenvalue weighted by molar-refractivity contribution is 7.09. The van der Waals surface area contributed by atoms with Crippen molar-refractivity contribution in [3.8, 4) is 0 Å². The summed E-state index contributed by atoms with van der Waals surface area (Å²) in [7, 11) is 0. The quantitative estimate of drug-likeness (QED) is 0.682. The Morgan fingerprint density at radius 2 is 2.20 bits per heavy atom. The van der Waals surface area contributed by atoms with E-state index in [0.717, 1.165) is 10.7 Å². The Kier molecular flexibility index (Phi) is 7.00. The second kappa shape index (κ2) is 8.52. The molecule has 0 aliphatic heterocycles. The van der Waals surface area contributed by atoms with Crippen LogP contribution in [0.4, 0.5) is 4.79 Å². The molecule has 0 aromatic carbocycles. The molecule has 0 fully saturated rings. The number of aliphatic carboxylic acids is 1. The molecule has 1 aromatic heterocycles. The summed E-state index contributed by atoms with van der Waals surface area (Å²) in [6.45, 7) is 4.89. The van der Waals surface area contributed by atoms with Gasteiger partial charge in [0, 0.05) is 31.3 Å². The summed E-state index contributed by atoms with van der Waals surface area (Å²) in [5, 5.41) is 17.1. The molecule has 7 heteroatoms. The molecule has 1 heterocycles. The molecule has 0 aliphatic carbocycles. The van der Waals surface area contributed by atoms with Gasteiger partial charge in [-0.15, -0.1) is 11.3 Å². The standard InChI is InChI=1S/C13H21N3O3S/c1-9(3-4-12(17)18)7-15-13(19)14-6-5-11-8-20-10(2)16-11/h8-9H,3-7H2,1-2H3,(H,17,18)(H2,14,15,19). The summed E-state index contributed by atoms with van der Waals surface area (Å²) >= 11 is 1.60. The van der Waals surface area contributed by atoms with Gasteiger partial charge in [-0.3, -0.25) is 4.79 Å². The predicted molar refractivity (Wildman–Crippen MR) is 78.0 cm³/mol. The SMILES string of the molecule is Cc1nc(CCNC(=O)NCC(C)CCC(=O)O)cs1. The van der Waals surface area contributed by atoms with Crippen LogP contribution in [0.2, 0.25) is 0 Å². The lowest BCUT2D eigenvalue weighted by molar-refractivity contribution is -0.137. The Bertz CT molecular complexity index is 448. The number of carboxylic acids is 1. The number of rotatable bonds is 8. The molecule has 0 radical (unpaired) electrons. The van der Waals surface area contributed by atoms with Crippen molar-refractivity contribution in [2.45, 2.75) is 33.1 Å². The Balaban J connectivity index is 2.09. The second-order valence-corrected chi connectivity index (χ2v) is 5.84. The van der Waals surface area contributed by atoms with Gasteiger partial charge < -0.3 is 15.7 Å². The van der Waals surface area contributed by atoms with Crippen LogP contribution in [0.3, 0.4) is 0 Å². The van der Waals surface area contributed by atoms with Gasteiger partial charge in [0.1, 0.15) is 0 Å². The summed E-state index contributed by atoms with van der Waals surface area (Å²) in [4.78, 5) is 26.3. The van der Waals surface area contributed by atoms with Crippen LogP contribution in [0, 0.1) is 12.8 Å². The highest BCUT2D eigenvalue weighted by atomic mass is 32.1. The van der Waals surface area contributed by atoms with Crippen LogP contribution < -0.4 is 10.6 Å². The van der Waals surface area contributed by atoms with Crippen molar-refractivity contribution in [2.75, 3.05) is 13.1 Å². The first-order valence-electron chi connectivity index (χ1n) is 6.62. The second-order valence-electron chi connectivity index (χ2n) is 4.78. The maximum absolute atomic E-state index is 11.5. The molecule has 1 atom stereocenters. The number of aryl methyl sites for hydroxylation is 1. The van der Waals surface area contributed by atoms with Gasteiger partial charge in [-0.1, -0.05) is 6.92 Å². The molecule has 0 bridgehead atoms. The molecular weight excluding hydrogens is 278 g/mol. The fourth-order valence-electron chi connectivity index (χ4n) is 1.63. The molecule has 6 nitrogen and oxygen atoms in total. The first-order chi connectivity index (χ1) is 9.47. The Hall–Kier alpha value is -1.63. The predicted octanol–water partition coefficient (Wildman–Crippen LogP) is 1.79. The number of carbonyl (C=O) groups is 2. The molecule has 112 valence electrons. The van der Waals surface area contributed by atoms with E-state index in [4.69, 9.17) is 5.11 Å². The number of aromatic nitrogens is 1. The average Bonchev–Trinajstić information content (AvgIpc) is 2.79. The van der Waals surface area contributed by atoms with Crippen LogP contribution in [0.15, 0.2) is 5.38 Å². The van der Waals surface area contributed by atoms with E-state index in [1.165, 1.54) is 0 Å². The molecular formula is C13H21N3O3S. The van der Waals surface area contributed by atoms with E-state index in [0.29, 0.717) is 25.9 Å². The normalized spacial score (nSPS) is 11.9. The number of hydrogen-bond acceptors (Lipinski definition) is 4. The first kappa shape index (κ1) is 16.4. The largest absolute Gasteiger partial charge is 0.481 e. The molecule has 1 aromatic rings. The van der Waals surface area contributed by atoms with Gasteiger partial charge in [-0.05, 0) is 19.3 Å². The van der Waals surface area contributed by atoms with Crippen molar-refractivity contribution >= 4 is 23.3 Å². The van der Waals surface area contributed by atoms with Gasteiger partial charge >= 0.3 is 12.0 Å². The van der Waals surface area contributed by atoms with E-state index in [9.17, 15) is 9.59 Å². The Morgan fingerprint density at radius 3 is 2.80 bits per heavy atom. The maximum atomic E-state index is 11.5. The van der Waals surface area contributed by atoms with E-state index in [2.05, 4.69) is 15.6 Å². The molecule has 1 unspecified atom stereocenters. The number of thiazole rings is 1. The molecule has 0 saturated carbocycles. The number of urea groups is 1. The Morgan fingerprint density at radius 1 is 1.45 bits per heavy atom. The van der Waals surface area contributed by atoms with Crippen LogP contribution in [0.5, 0.6) is 0 Å². The molecule has 0 aliphatic rings. The number of nitrogens with zero attached hydrogens (tertiary/aromatic N) is 1. The molecule has 20 heavy (non-hydrogen) atoms. The average molecular weight is 299 g/mol. The van der Waals surface area contributed by atoms with E-state index < -0.39 is 5.97 Å². The fraction of sp³-hybridized carbons (Fsp3) is 0.615. The van der Waals surface area contributed by atoms with Crippen molar-refractivity contribution in [2.24, 2.45) is 5.92 Å². The van der Waals surface area contributed by atoms with Crippen LogP contribution in [-0.2, 0) is 11.2 Å². The van der Waals surface area contributed by atoms with Crippen molar-refractivity contribution in [3.05, 3.63) is 16.1 Å². The third-order valence-corrected chi connectivity index (χ3v) is 3.62. The lowest BCUT2D eigenvalue weighted by atomic mass is 10.1. The molecule has 2 amide bonds. The van der Waals surface area contributed by atoms with Gasteiger partial charge in [0.25, 0.3) is 0 Å². The van der Waals surface area contributed by atoms with E-state index in [1.807, 2.05) is 19.2 Å². The van der Waals surface area contributed by atoms with Crippen molar-refractivity contribution in [3.63, 3.8) is 0 Å². The Labute approximate surface area is 122 Å². The number of carboxylic acid groups (broad SMARTS) is 1. The molecule has 0 spiro atoms. The van der Waals surface area contributed by atoms with Gasteiger partial charge in [0.15, 0.2) is 0 Å². The highest BCUT2D eigenvalue weighted by Crippen LogP contribution is 2.07. The zero-order valence-electron chi connectivity index (χ0n) is 11.8. The van der Waals surface area contributed by atoms with Gasteiger partial charge in [-0.25, -0.2) is 9.78 Å². The highest BCUT2D eigenvalue weighted by Gasteiger charge is 2.07. The fourth-order valence-corrected chi connectivity index (χ4v) is 2.28. The van der Waals surface area contributed by atoms with E-state index in [1.54, 1.807) is 11.3 Å². The lowest BCUT2D eigenvalue weighted by Crippen LogP contribution is -2.38. The monoisotopic (exact) mass is 299 g/mol. The number of hydrogen-bond donors (Lipinski definition) is 3. The van der Waals surface area contributed by atoms with Crippen molar-refractivity contribution in [1.82, 2.24) is 15.6 Å². The van der Waals surface area contributed by atoms with Gasteiger partial charge in [0.05, 0.1) is 10.7 Å². The summed E-state index contributed by atoms with van der Waals surface area (Å²) < 4.78 is 0. The number of carbonyl (C=O) groups excluding carboxylic acids is 1. The third kappa shape index (κ3) is 7.08.